The second kappa shape index (κ2) is 5.59. The van der Waals surface area contributed by atoms with Crippen LogP contribution >= 0.6 is 7.37 Å². The summed E-state index contributed by atoms with van der Waals surface area (Å²) in [6.07, 6.45) is 3.33. The molecule has 1 atom stereocenters. The van der Waals surface area contributed by atoms with Gasteiger partial charge in [-0.1, -0.05) is 4.68 Å². The molecule has 0 bridgehead atoms. The van der Waals surface area contributed by atoms with E-state index in [2.05, 4.69) is 5.10 Å². The van der Waals surface area contributed by atoms with Crippen LogP contribution in [-0.4, -0.2) is 18.4 Å². The zero-order chi connectivity index (χ0) is 9.90. The molecule has 1 rings (SSSR count). The van der Waals surface area contributed by atoms with Crippen LogP contribution in [0.3, 0.4) is 0 Å². The third-order valence-corrected chi connectivity index (χ3v) is 3.63. The maximum absolute atomic E-state index is 11.9. The fraction of sp³-hybridized carbons (Fsp3) is 0.500. The van der Waals surface area contributed by atoms with E-state index < -0.39 is 7.37 Å². The van der Waals surface area contributed by atoms with Crippen LogP contribution in [0.5, 0.6) is 0 Å². The summed E-state index contributed by atoms with van der Waals surface area (Å²) < 4.78 is 18.7. The normalized spacial score (nSPS) is 14.2. The summed E-state index contributed by atoms with van der Waals surface area (Å²) in [6, 6.07) is 1.77. The lowest BCUT2D eigenvalue weighted by Gasteiger charge is -2.10. The molecule has 1 heterocycles. The van der Waals surface area contributed by atoms with Crippen molar-refractivity contribution in [2.75, 3.05) is 13.3 Å². The van der Waals surface area contributed by atoms with Crippen molar-refractivity contribution in [3.63, 3.8) is 0 Å². The summed E-state index contributed by atoms with van der Waals surface area (Å²) in [5.74, 6) is 0. The van der Waals surface area contributed by atoms with Crippen molar-refractivity contribution in [2.45, 2.75) is 6.92 Å². The molecule has 1 aromatic rings. The van der Waals surface area contributed by atoms with Gasteiger partial charge in [0, 0.05) is 12.7 Å². The molecule has 80 valence electrons. The van der Waals surface area contributed by atoms with Crippen LogP contribution < -0.4 is 27.0 Å². The molecule has 0 fully saturated rings. The van der Waals surface area contributed by atoms with Gasteiger partial charge in [0.25, 0.3) is 0 Å². The van der Waals surface area contributed by atoms with Crippen LogP contribution in [-0.2, 0) is 16.1 Å². The fourth-order valence-electron chi connectivity index (χ4n) is 0.977. The average molecular weight is 281 g/mol. The molecular formula is C8H14BrN2O2P. The number of aryl methyl sites for hydroxylation is 1. The van der Waals surface area contributed by atoms with E-state index in [0.29, 0.717) is 11.9 Å². The van der Waals surface area contributed by atoms with Crippen LogP contribution in [0.2, 0.25) is 0 Å². The van der Waals surface area contributed by atoms with Crippen molar-refractivity contribution >= 4 is 12.7 Å². The van der Waals surface area contributed by atoms with E-state index in [1.54, 1.807) is 29.8 Å². The minimum atomic E-state index is -2.64. The molecule has 1 aromatic heterocycles. The average Bonchev–Trinajstić information content (AvgIpc) is 2.05. The Morgan fingerprint density at radius 1 is 1.64 bits per heavy atom. The summed E-state index contributed by atoms with van der Waals surface area (Å²) in [5, 5.41) is 4.65. The van der Waals surface area contributed by atoms with Crippen LogP contribution in [0.4, 0.5) is 0 Å². The zero-order valence-corrected chi connectivity index (χ0v) is 11.0. The van der Waals surface area contributed by atoms with Crippen LogP contribution in [0.1, 0.15) is 6.92 Å². The second-order valence-corrected chi connectivity index (χ2v) is 5.29. The molecule has 14 heavy (non-hydrogen) atoms. The summed E-state index contributed by atoms with van der Waals surface area (Å²) in [7, 11) is -0.830. The van der Waals surface area contributed by atoms with Gasteiger partial charge in [0.2, 0.25) is 7.37 Å². The molecule has 0 aliphatic carbocycles. The molecule has 6 heteroatoms. The SMILES string of the molecule is CCOP(C)(=O)c1cc[n+](C)nc1.[Br-]. The van der Waals surface area contributed by atoms with Crippen LogP contribution in [0.25, 0.3) is 0 Å². The molecular weight excluding hydrogens is 267 g/mol. The first-order chi connectivity index (χ1) is 6.06. The van der Waals surface area contributed by atoms with Crippen molar-refractivity contribution in [3.8, 4) is 0 Å². The molecule has 1 unspecified atom stereocenters. The fourth-order valence-corrected chi connectivity index (χ4v) is 2.22. The van der Waals surface area contributed by atoms with Gasteiger partial charge in [-0.25, -0.2) is 0 Å². The molecule has 0 saturated heterocycles. The first-order valence-corrected chi connectivity index (χ1v) is 6.18. The Bertz CT molecular complexity index is 329. The van der Waals surface area contributed by atoms with E-state index in [-0.39, 0.29) is 17.0 Å². The molecule has 0 radical (unpaired) electrons. The lowest BCUT2D eigenvalue weighted by atomic mass is 10.6. The Balaban J connectivity index is 0.00000169. The molecule has 0 aliphatic rings. The Hall–Kier alpha value is -0.250. The molecule has 0 N–H and O–H groups in total. The quantitative estimate of drug-likeness (QED) is 0.454. The van der Waals surface area contributed by atoms with E-state index in [4.69, 9.17) is 4.52 Å². The van der Waals surface area contributed by atoms with Gasteiger partial charge in [-0.15, -0.1) is 0 Å². The number of aromatic nitrogens is 2. The van der Waals surface area contributed by atoms with E-state index in [1.165, 1.54) is 0 Å². The van der Waals surface area contributed by atoms with Gasteiger partial charge in [0.05, 0.1) is 11.9 Å². The highest BCUT2D eigenvalue weighted by molar-refractivity contribution is 7.66. The topological polar surface area (TPSA) is 43.1 Å². The van der Waals surface area contributed by atoms with Gasteiger partial charge in [0.15, 0.2) is 13.2 Å². The van der Waals surface area contributed by atoms with Crippen molar-refractivity contribution in [2.24, 2.45) is 7.05 Å². The molecule has 0 aliphatic heterocycles. The maximum atomic E-state index is 11.9. The molecule has 0 spiro atoms. The first-order valence-electron chi connectivity index (χ1n) is 4.11. The van der Waals surface area contributed by atoms with E-state index in [9.17, 15) is 4.57 Å². The lowest BCUT2D eigenvalue weighted by Crippen LogP contribution is -3.00. The van der Waals surface area contributed by atoms with Crippen LogP contribution in [0.15, 0.2) is 18.5 Å². The largest absolute Gasteiger partial charge is 1.00 e. The summed E-state index contributed by atoms with van der Waals surface area (Å²) in [6.45, 7) is 3.88. The van der Waals surface area contributed by atoms with E-state index in [0.717, 1.165) is 0 Å². The zero-order valence-electron chi connectivity index (χ0n) is 8.48. The molecule has 4 nitrogen and oxygen atoms in total. The number of hydrogen-bond donors (Lipinski definition) is 0. The third kappa shape index (κ3) is 3.48. The minimum Gasteiger partial charge on any atom is -1.00 e. The summed E-state index contributed by atoms with van der Waals surface area (Å²) in [5.41, 5.74) is 0. The van der Waals surface area contributed by atoms with Gasteiger partial charge < -0.3 is 21.5 Å². The van der Waals surface area contributed by atoms with Crippen molar-refractivity contribution in [1.82, 2.24) is 5.10 Å². The van der Waals surface area contributed by atoms with Gasteiger partial charge in [-0.2, -0.15) is 0 Å². The van der Waals surface area contributed by atoms with Gasteiger partial charge in [-0.05, 0) is 12.0 Å². The Morgan fingerprint density at radius 3 is 2.71 bits per heavy atom. The highest BCUT2D eigenvalue weighted by Crippen LogP contribution is 2.40. The van der Waals surface area contributed by atoms with Gasteiger partial charge >= 0.3 is 0 Å². The predicted octanol–water partition coefficient (Wildman–Crippen LogP) is -2.52. The maximum Gasteiger partial charge on any atom is 0.231 e. The third-order valence-electron chi connectivity index (χ3n) is 1.68. The van der Waals surface area contributed by atoms with E-state index >= 15 is 0 Å². The molecule has 0 aromatic carbocycles. The van der Waals surface area contributed by atoms with Gasteiger partial charge in [0.1, 0.15) is 6.20 Å². The second-order valence-electron chi connectivity index (χ2n) is 2.82. The summed E-state index contributed by atoms with van der Waals surface area (Å²) >= 11 is 0. The highest BCUT2D eigenvalue weighted by atomic mass is 79.9. The Morgan fingerprint density at radius 2 is 2.29 bits per heavy atom. The summed E-state index contributed by atoms with van der Waals surface area (Å²) in [4.78, 5) is 0. The standard InChI is InChI=1S/C8H14N2O2P.BrH/c1-4-12-13(3,11)8-5-6-10(2)9-7-8;/h5-7H,4H2,1-3H3;1H/q+1;/p-1. The number of hydrogen-bond acceptors (Lipinski definition) is 3. The first kappa shape index (κ1) is 13.8. The van der Waals surface area contributed by atoms with Crippen LogP contribution in [0, 0.1) is 0 Å². The van der Waals surface area contributed by atoms with Gasteiger partial charge in [-0.3, -0.25) is 4.57 Å². The minimum absolute atomic E-state index is 0. The monoisotopic (exact) mass is 280 g/mol. The smallest absolute Gasteiger partial charge is 0.231 e. The van der Waals surface area contributed by atoms with E-state index in [1.807, 2.05) is 14.0 Å². The number of rotatable bonds is 3. The van der Waals surface area contributed by atoms with Crippen molar-refractivity contribution < 1.29 is 30.8 Å². The highest BCUT2D eigenvalue weighted by Gasteiger charge is 2.19. The molecule has 0 saturated carbocycles. The number of halogens is 1. The van der Waals surface area contributed by atoms with Crippen molar-refractivity contribution in [3.05, 3.63) is 18.5 Å². The Labute approximate surface area is 94.5 Å². The Kier molecular flexibility index (Phi) is 5.49. The molecule has 0 amide bonds. The lowest BCUT2D eigenvalue weighted by molar-refractivity contribution is -0.730. The van der Waals surface area contributed by atoms with Crippen molar-refractivity contribution in [1.29, 1.82) is 0 Å². The number of nitrogens with zero attached hydrogens (tertiary/aromatic N) is 2. The predicted molar refractivity (Wildman–Crippen MR) is 50.2 cm³/mol.